The summed E-state index contributed by atoms with van der Waals surface area (Å²) < 4.78 is 5.37. The summed E-state index contributed by atoms with van der Waals surface area (Å²) in [5, 5.41) is 0. The lowest BCUT2D eigenvalue weighted by atomic mass is 9.73. The van der Waals surface area contributed by atoms with Crippen LogP contribution in [0, 0.1) is 5.41 Å². The molecule has 0 N–H and O–H groups in total. The Labute approximate surface area is 119 Å². The van der Waals surface area contributed by atoms with Gasteiger partial charge in [0, 0.05) is 25.4 Å². The molecule has 1 aliphatic heterocycles. The molecule has 2 rings (SSSR count). The third-order valence-corrected chi connectivity index (χ3v) is 4.23. The molecule has 0 aromatic heterocycles. The van der Waals surface area contributed by atoms with Crippen molar-refractivity contribution in [1.82, 2.24) is 4.90 Å². The summed E-state index contributed by atoms with van der Waals surface area (Å²) in [7, 11) is 0. The highest BCUT2D eigenvalue weighted by Gasteiger charge is 2.53. The van der Waals surface area contributed by atoms with Crippen LogP contribution >= 0.6 is 0 Å². The Hall–Kier alpha value is -1.39. The molecule has 20 heavy (non-hydrogen) atoms. The molecule has 0 aromatic rings. The van der Waals surface area contributed by atoms with Gasteiger partial charge < -0.3 is 9.64 Å². The lowest BCUT2D eigenvalue weighted by Gasteiger charge is -2.42. The Morgan fingerprint density at radius 2 is 1.80 bits per heavy atom. The molecule has 1 atom stereocenters. The molecule has 2 aliphatic rings. The number of amides is 1. The van der Waals surface area contributed by atoms with Gasteiger partial charge in [-0.3, -0.25) is 9.59 Å². The molecular formula is C15H23NO4. The maximum atomic E-state index is 12.1. The first-order chi connectivity index (χ1) is 9.16. The standard InChI is InChI=1S/C15H23NO4/c1-10-9-15(11(17)5-6-12(15)18)7-8-16(10)13(19)20-14(2,3)4/h10H,5-9H2,1-4H3. The number of likely N-dealkylation sites (tertiary alicyclic amines) is 1. The van der Waals surface area contributed by atoms with Gasteiger partial charge in [0.25, 0.3) is 0 Å². The number of nitrogens with zero attached hydrogens (tertiary/aromatic N) is 1. The number of hydrogen-bond donors (Lipinski definition) is 0. The van der Waals surface area contributed by atoms with E-state index in [-0.39, 0.29) is 23.7 Å². The summed E-state index contributed by atoms with van der Waals surface area (Å²) in [5.74, 6) is 0.108. The van der Waals surface area contributed by atoms with Crippen molar-refractivity contribution in [3.8, 4) is 0 Å². The van der Waals surface area contributed by atoms with Gasteiger partial charge in [-0.25, -0.2) is 4.79 Å². The topological polar surface area (TPSA) is 63.7 Å². The molecule has 1 amide bonds. The minimum atomic E-state index is -0.821. The fourth-order valence-electron chi connectivity index (χ4n) is 3.21. The van der Waals surface area contributed by atoms with E-state index in [4.69, 9.17) is 4.74 Å². The van der Waals surface area contributed by atoms with E-state index in [0.29, 0.717) is 32.2 Å². The zero-order valence-electron chi connectivity index (χ0n) is 12.7. The molecule has 0 aromatic carbocycles. The zero-order valence-corrected chi connectivity index (χ0v) is 12.7. The van der Waals surface area contributed by atoms with Crippen molar-refractivity contribution in [3.05, 3.63) is 0 Å². The second kappa shape index (κ2) is 4.86. The van der Waals surface area contributed by atoms with Crippen molar-refractivity contribution < 1.29 is 19.1 Å². The van der Waals surface area contributed by atoms with E-state index in [1.165, 1.54) is 0 Å². The van der Waals surface area contributed by atoms with Gasteiger partial charge >= 0.3 is 6.09 Å². The fraction of sp³-hybridized carbons (Fsp3) is 0.800. The summed E-state index contributed by atoms with van der Waals surface area (Å²) in [4.78, 5) is 37.9. The molecule has 1 spiro atoms. The Balaban J connectivity index is 2.08. The zero-order chi connectivity index (χ0) is 15.1. The van der Waals surface area contributed by atoms with Crippen molar-refractivity contribution in [2.24, 2.45) is 5.41 Å². The molecule has 2 fully saturated rings. The Morgan fingerprint density at radius 3 is 2.25 bits per heavy atom. The molecule has 1 aliphatic carbocycles. The minimum absolute atomic E-state index is 0.0539. The van der Waals surface area contributed by atoms with Gasteiger partial charge in [0.05, 0.1) is 5.41 Å². The molecule has 5 nitrogen and oxygen atoms in total. The van der Waals surface area contributed by atoms with Crippen LogP contribution in [-0.2, 0) is 14.3 Å². The fourth-order valence-corrected chi connectivity index (χ4v) is 3.21. The summed E-state index contributed by atoms with van der Waals surface area (Å²) in [6.45, 7) is 7.76. The third-order valence-electron chi connectivity index (χ3n) is 4.23. The van der Waals surface area contributed by atoms with E-state index in [2.05, 4.69) is 0 Å². The van der Waals surface area contributed by atoms with Gasteiger partial charge in [0.1, 0.15) is 17.2 Å². The molecule has 1 saturated carbocycles. The van der Waals surface area contributed by atoms with Crippen molar-refractivity contribution in [2.45, 2.75) is 65.0 Å². The second-order valence-corrected chi connectivity index (χ2v) is 6.91. The highest BCUT2D eigenvalue weighted by atomic mass is 16.6. The van der Waals surface area contributed by atoms with Crippen molar-refractivity contribution >= 4 is 17.7 Å². The van der Waals surface area contributed by atoms with Gasteiger partial charge in [-0.05, 0) is 40.5 Å². The van der Waals surface area contributed by atoms with Gasteiger partial charge in [-0.1, -0.05) is 0 Å². The molecule has 0 bridgehead atoms. The van der Waals surface area contributed by atoms with E-state index in [9.17, 15) is 14.4 Å². The Morgan fingerprint density at radius 1 is 1.25 bits per heavy atom. The predicted octanol–water partition coefficient (Wildman–Crippen LogP) is 2.32. The Bertz CT molecular complexity index is 433. The lowest BCUT2D eigenvalue weighted by molar-refractivity contribution is -0.139. The summed E-state index contributed by atoms with van der Waals surface area (Å²) in [5.41, 5.74) is -1.36. The Kier molecular flexibility index (Phi) is 3.65. The number of carbonyl (C=O) groups excluding carboxylic acids is 3. The van der Waals surface area contributed by atoms with Crippen LogP contribution in [0.25, 0.3) is 0 Å². The number of rotatable bonds is 0. The maximum Gasteiger partial charge on any atom is 0.410 e. The van der Waals surface area contributed by atoms with Crippen molar-refractivity contribution in [2.75, 3.05) is 6.54 Å². The molecule has 1 unspecified atom stereocenters. The second-order valence-electron chi connectivity index (χ2n) is 6.91. The lowest BCUT2D eigenvalue weighted by Crippen LogP contribution is -2.53. The van der Waals surface area contributed by atoms with Crippen LogP contribution in [0.2, 0.25) is 0 Å². The number of piperidine rings is 1. The van der Waals surface area contributed by atoms with Crippen LogP contribution in [0.1, 0.15) is 53.4 Å². The van der Waals surface area contributed by atoms with Crippen LogP contribution in [0.4, 0.5) is 4.79 Å². The van der Waals surface area contributed by atoms with Crippen LogP contribution < -0.4 is 0 Å². The highest BCUT2D eigenvalue weighted by Crippen LogP contribution is 2.43. The molecule has 1 saturated heterocycles. The van der Waals surface area contributed by atoms with Gasteiger partial charge in [0.15, 0.2) is 0 Å². The average molecular weight is 281 g/mol. The first kappa shape index (κ1) is 15.0. The van der Waals surface area contributed by atoms with Crippen LogP contribution in [-0.4, -0.2) is 40.7 Å². The minimum Gasteiger partial charge on any atom is -0.444 e. The SMILES string of the molecule is CC1CC2(CCN1C(=O)OC(C)(C)C)C(=O)CCC2=O. The van der Waals surface area contributed by atoms with E-state index < -0.39 is 11.0 Å². The number of ketones is 2. The van der Waals surface area contributed by atoms with E-state index >= 15 is 0 Å². The number of Topliss-reactive ketones (excluding diaryl/α,β-unsaturated/α-hetero) is 2. The highest BCUT2D eigenvalue weighted by molar-refractivity contribution is 6.13. The van der Waals surface area contributed by atoms with E-state index in [0.717, 1.165) is 0 Å². The molecule has 1 heterocycles. The number of ether oxygens (including phenoxy) is 1. The van der Waals surface area contributed by atoms with Gasteiger partial charge in [-0.15, -0.1) is 0 Å². The first-order valence-corrected chi connectivity index (χ1v) is 7.22. The number of hydrogen-bond acceptors (Lipinski definition) is 4. The van der Waals surface area contributed by atoms with Gasteiger partial charge in [-0.2, -0.15) is 0 Å². The molecule has 0 radical (unpaired) electrons. The normalized spacial score (nSPS) is 26.2. The van der Waals surface area contributed by atoms with Crippen LogP contribution in [0.5, 0.6) is 0 Å². The van der Waals surface area contributed by atoms with Crippen LogP contribution in [0.15, 0.2) is 0 Å². The van der Waals surface area contributed by atoms with Gasteiger partial charge in [0.2, 0.25) is 0 Å². The maximum absolute atomic E-state index is 12.1. The van der Waals surface area contributed by atoms with Crippen molar-refractivity contribution in [3.63, 3.8) is 0 Å². The molecule has 5 heteroatoms. The van der Waals surface area contributed by atoms with Crippen LogP contribution in [0.3, 0.4) is 0 Å². The molecule has 112 valence electrons. The first-order valence-electron chi connectivity index (χ1n) is 7.22. The van der Waals surface area contributed by atoms with E-state index in [1.54, 1.807) is 4.90 Å². The van der Waals surface area contributed by atoms with Crippen molar-refractivity contribution in [1.29, 1.82) is 0 Å². The quantitative estimate of drug-likeness (QED) is 0.639. The average Bonchev–Trinajstić information content (AvgIpc) is 2.56. The summed E-state index contributed by atoms with van der Waals surface area (Å²) in [6.07, 6.45) is 1.23. The summed E-state index contributed by atoms with van der Waals surface area (Å²) in [6, 6.07) is -0.149. The van der Waals surface area contributed by atoms with E-state index in [1.807, 2.05) is 27.7 Å². The molecular weight excluding hydrogens is 258 g/mol. The summed E-state index contributed by atoms with van der Waals surface area (Å²) >= 11 is 0. The largest absolute Gasteiger partial charge is 0.444 e. The monoisotopic (exact) mass is 281 g/mol. The predicted molar refractivity (Wildman–Crippen MR) is 73.3 cm³/mol. The number of carbonyl (C=O) groups is 3. The third kappa shape index (κ3) is 2.58. The smallest absolute Gasteiger partial charge is 0.410 e.